The van der Waals surface area contributed by atoms with Gasteiger partial charge >= 0.3 is 0 Å². The number of thiophene rings is 1. The largest absolute Gasteiger partial charge is 0.381 e. The van der Waals surface area contributed by atoms with Crippen LogP contribution in [-0.2, 0) is 6.54 Å². The number of hydrogen-bond donors (Lipinski definition) is 1. The van der Waals surface area contributed by atoms with Gasteiger partial charge in [-0.1, -0.05) is 0 Å². The number of carbonyl (C=O) groups is 1. The molecule has 4 nitrogen and oxygen atoms in total. The molecule has 2 aromatic rings. The summed E-state index contributed by atoms with van der Waals surface area (Å²) in [6.45, 7) is 0.509. The Bertz CT molecular complexity index is 625. The highest BCUT2D eigenvalue weighted by Crippen LogP contribution is 2.30. The van der Waals surface area contributed by atoms with Crippen LogP contribution < -0.4 is 5.73 Å². The standard InChI is InChI=1S/C14H14FN3OS/c15-12-11(3-5-17-13(12)16)14(19)18(10-1-2-10)7-9-4-6-20-8-9/h3-6,8,10H,1-2,7H2,(H2,16,17). The highest BCUT2D eigenvalue weighted by Gasteiger charge is 2.34. The third kappa shape index (κ3) is 2.51. The first kappa shape index (κ1) is 13.1. The van der Waals surface area contributed by atoms with Gasteiger partial charge in [-0.25, -0.2) is 9.37 Å². The number of rotatable bonds is 4. The van der Waals surface area contributed by atoms with Gasteiger partial charge in [0.25, 0.3) is 5.91 Å². The zero-order valence-electron chi connectivity index (χ0n) is 10.8. The highest BCUT2D eigenvalue weighted by molar-refractivity contribution is 7.07. The van der Waals surface area contributed by atoms with Crippen LogP contribution in [-0.4, -0.2) is 21.8 Å². The van der Waals surface area contributed by atoms with Crippen molar-refractivity contribution in [3.05, 3.63) is 46.0 Å². The summed E-state index contributed by atoms with van der Waals surface area (Å²) in [6, 6.07) is 3.57. The second-order valence-electron chi connectivity index (χ2n) is 4.85. The number of aromatic nitrogens is 1. The third-order valence-electron chi connectivity index (χ3n) is 3.33. The summed E-state index contributed by atoms with van der Waals surface area (Å²) in [5.41, 5.74) is 6.50. The van der Waals surface area contributed by atoms with Crippen molar-refractivity contribution in [2.75, 3.05) is 5.73 Å². The van der Waals surface area contributed by atoms with E-state index in [1.807, 2.05) is 16.8 Å². The summed E-state index contributed by atoms with van der Waals surface area (Å²) in [6.07, 6.45) is 3.30. The molecule has 0 spiro atoms. The predicted molar refractivity (Wildman–Crippen MR) is 75.8 cm³/mol. The van der Waals surface area contributed by atoms with E-state index < -0.39 is 5.82 Å². The molecule has 0 unspecified atom stereocenters. The summed E-state index contributed by atoms with van der Waals surface area (Å²) in [5, 5.41) is 3.97. The molecule has 20 heavy (non-hydrogen) atoms. The van der Waals surface area contributed by atoms with Gasteiger partial charge in [-0.05, 0) is 41.3 Å². The van der Waals surface area contributed by atoms with E-state index in [2.05, 4.69) is 4.98 Å². The Labute approximate surface area is 120 Å². The van der Waals surface area contributed by atoms with Crippen molar-refractivity contribution >= 4 is 23.1 Å². The number of anilines is 1. The molecule has 0 radical (unpaired) electrons. The topological polar surface area (TPSA) is 59.2 Å². The predicted octanol–water partition coefficient (Wildman–Crippen LogP) is 2.67. The molecule has 3 rings (SSSR count). The van der Waals surface area contributed by atoms with Crippen LogP contribution >= 0.6 is 11.3 Å². The molecular weight excluding hydrogens is 277 g/mol. The van der Waals surface area contributed by atoms with Gasteiger partial charge in [-0.3, -0.25) is 4.79 Å². The number of nitrogen functional groups attached to an aromatic ring is 1. The molecule has 104 valence electrons. The number of pyridine rings is 1. The van der Waals surface area contributed by atoms with Gasteiger partial charge < -0.3 is 10.6 Å². The number of hydrogen-bond acceptors (Lipinski definition) is 4. The average molecular weight is 291 g/mol. The molecule has 0 bridgehead atoms. The van der Waals surface area contributed by atoms with E-state index in [4.69, 9.17) is 5.73 Å². The van der Waals surface area contributed by atoms with E-state index in [0.717, 1.165) is 18.4 Å². The summed E-state index contributed by atoms with van der Waals surface area (Å²) in [4.78, 5) is 17.9. The van der Waals surface area contributed by atoms with Gasteiger partial charge in [0.1, 0.15) is 0 Å². The summed E-state index contributed by atoms with van der Waals surface area (Å²) in [7, 11) is 0. The van der Waals surface area contributed by atoms with Crippen LogP contribution in [0.3, 0.4) is 0 Å². The molecule has 0 saturated heterocycles. The fourth-order valence-electron chi connectivity index (χ4n) is 2.11. The second-order valence-corrected chi connectivity index (χ2v) is 5.63. The molecule has 1 amide bonds. The summed E-state index contributed by atoms with van der Waals surface area (Å²) < 4.78 is 13.9. The maximum Gasteiger partial charge on any atom is 0.257 e. The van der Waals surface area contributed by atoms with Crippen molar-refractivity contribution < 1.29 is 9.18 Å². The van der Waals surface area contributed by atoms with Crippen LogP contribution in [0.4, 0.5) is 10.2 Å². The average Bonchev–Trinajstić information content (AvgIpc) is 3.15. The molecule has 1 saturated carbocycles. The van der Waals surface area contributed by atoms with Crippen LogP contribution in [0.15, 0.2) is 29.1 Å². The van der Waals surface area contributed by atoms with Gasteiger partial charge in [-0.15, -0.1) is 0 Å². The van der Waals surface area contributed by atoms with Crippen LogP contribution in [0.25, 0.3) is 0 Å². The Morgan fingerprint density at radius 3 is 2.95 bits per heavy atom. The minimum Gasteiger partial charge on any atom is -0.381 e. The molecule has 1 aliphatic carbocycles. The molecule has 2 N–H and O–H groups in total. The first-order chi connectivity index (χ1) is 9.66. The van der Waals surface area contributed by atoms with E-state index in [1.54, 1.807) is 16.2 Å². The molecule has 0 atom stereocenters. The molecule has 6 heteroatoms. The lowest BCUT2D eigenvalue weighted by Gasteiger charge is -2.22. The Balaban J connectivity index is 1.87. The van der Waals surface area contributed by atoms with E-state index in [1.165, 1.54) is 12.3 Å². The van der Waals surface area contributed by atoms with Crippen molar-refractivity contribution in [3.63, 3.8) is 0 Å². The molecule has 2 heterocycles. The first-order valence-electron chi connectivity index (χ1n) is 6.39. The number of nitrogens with zero attached hydrogens (tertiary/aromatic N) is 2. The number of halogens is 1. The Morgan fingerprint density at radius 1 is 1.50 bits per heavy atom. The number of carbonyl (C=O) groups excluding carboxylic acids is 1. The maximum atomic E-state index is 13.9. The molecule has 1 aliphatic rings. The van der Waals surface area contributed by atoms with Crippen LogP contribution in [0.2, 0.25) is 0 Å². The van der Waals surface area contributed by atoms with E-state index in [0.29, 0.717) is 6.54 Å². The zero-order chi connectivity index (χ0) is 14.1. The Kier molecular flexibility index (Phi) is 3.40. The van der Waals surface area contributed by atoms with E-state index in [9.17, 15) is 9.18 Å². The Morgan fingerprint density at radius 2 is 2.30 bits per heavy atom. The van der Waals surface area contributed by atoms with Crippen molar-refractivity contribution in [3.8, 4) is 0 Å². The monoisotopic (exact) mass is 291 g/mol. The molecule has 0 aromatic carbocycles. The van der Waals surface area contributed by atoms with Crippen LogP contribution in [0.1, 0.15) is 28.8 Å². The van der Waals surface area contributed by atoms with E-state index in [-0.39, 0.29) is 23.3 Å². The fourth-order valence-corrected chi connectivity index (χ4v) is 2.77. The quantitative estimate of drug-likeness (QED) is 0.942. The fraction of sp³-hybridized carbons (Fsp3) is 0.286. The number of amides is 1. The smallest absolute Gasteiger partial charge is 0.257 e. The summed E-state index contributed by atoms with van der Waals surface area (Å²) in [5.74, 6) is -1.28. The van der Waals surface area contributed by atoms with Gasteiger partial charge in [0.05, 0.1) is 5.56 Å². The van der Waals surface area contributed by atoms with Crippen LogP contribution in [0, 0.1) is 5.82 Å². The first-order valence-corrected chi connectivity index (χ1v) is 7.33. The zero-order valence-corrected chi connectivity index (χ0v) is 11.6. The van der Waals surface area contributed by atoms with E-state index >= 15 is 0 Å². The van der Waals surface area contributed by atoms with Gasteiger partial charge in [0.15, 0.2) is 11.6 Å². The normalized spacial score (nSPS) is 14.2. The van der Waals surface area contributed by atoms with Crippen molar-refractivity contribution in [1.82, 2.24) is 9.88 Å². The van der Waals surface area contributed by atoms with Gasteiger partial charge in [0.2, 0.25) is 0 Å². The highest BCUT2D eigenvalue weighted by atomic mass is 32.1. The van der Waals surface area contributed by atoms with Gasteiger partial charge in [-0.2, -0.15) is 11.3 Å². The third-order valence-corrected chi connectivity index (χ3v) is 4.06. The minimum atomic E-state index is -0.728. The second kappa shape index (κ2) is 5.20. The lowest BCUT2D eigenvalue weighted by molar-refractivity contribution is 0.0725. The molecular formula is C14H14FN3OS. The molecule has 0 aliphatic heterocycles. The van der Waals surface area contributed by atoms with Crippen molar-refractivity contribution in [2.24, 2.45) is 0 Å². The van der Waals surface area contributed by atoms with Gasteiger partial charge in [0, 0.05) is 18.8 Å². The lowest BCUT2D eigenvalue weighted by atomic mass is 10.2. The Hall–Kier alpha value is -1.95. The minimum absolute atomic E-state index is 0.000343. The van der Waals surface area contributed by atoms with Crippen molar-refractivity contribution in [1.29, 1.82) is 0 Å². The SMILES string of the molecule is Nc1nccc(C(=O)N(Cc2ccsc2)C2CC2)c1F. The van der Waals surface area contributed by atoms with Crippen molar-refractivity contribution in [2.45, 2.75) is 25.4 Å². The maximum absolute atomic E-state index is 13.9. The van der Waals surface area contributed by atoms with Crippen LogP contribution in [0.5, 0.6) is 0 Å². The summed E-state index contributed by atoms with van der Waals surface area (Å²) >= 11 is 1.58. The molecule has 2 aromatic heterocycles. The number of nitrogens with two attached hydrogens (primary N) is 1. The molecule has 1 fully saturated rings. The lowest BCUT2D eigenvalue weighted by Crippen LogP contribution is -2.33.